The summed E-state index contributed by atoms with van der Waals surface area (Å²) in [6.45, 7) is 1.15. The molecule has 1 unspecified atom stereocenters. The minimum atomic E-state index is 0.590. The minimum Gasteiger partial charge on any atom is -0.310 e. The summed E-state index contributed by atoms with van der Waals surface area (Å²) >= 11 is 5.48. The summed E-state index contributed by atoms with van der Waals surface area (Å²) in [5, 5.41) is 3.69. The summed E-state index contributed by atoms with van der Waals surface area (Å²) in [6, 6.07) is 7.29. The van der Waals surface area contributed by atoms with Crippen LogP contribution in [0.5, 0.6) is 0 Å². The Morgan fingerprint density at radius 3 is 3.12 bits per heavy atom. The Morgan fingerprint density at radius 2 is 2.29 bits per heavy atom. The average molecular weight is 314 g/mol. The van der Waals surface area contributed by atoms with E-state index in [1.165, 1.54) is 47.0 Å². The van der Waals surface area contributed by atoms with Crippen LogP contribution in [-0.2, 0) is 6.42 Å². The number of thioether (sulfide) groups is 1. The second-order valence-corrected chi connectivity index (χ2v) is 6.49. The second kappa shape index (κ2) is 6.81. The van der Waals surface area contributed by atoms with E-state index >= 15 is 0 Å². The lowest BCUT2D eigenvalue weighted by atomic mass is 10.1. The molecule has 1 nitrogen and oxygen atoms in total. The third-order valence-corrected chi connectivity index (χ3v) is 4.54. The van der Waals surface area contributed by atoms with Crippen molar-refractivity contribution in [3.05, 3.63) is 33.8 Å². The van der Waals surface area contributed by atoms with Crippen LogP contribution in [0.1, 0.15) is 36.4 Å². The van der Waals surface area contributed by atoms with Crippen molar-refractivity contribution >= 4 is 27.7 Å². The number of aryl methyl sites for hydroxylation is 1. The number of halogens is 1. The largest absolute Gasteiger partial charge is 0.310 e. The van der Waals surface area contributed by atoms with E-state index in [0.29, 0.717) is 6.04 Å². The van der Waals surface area contributed by atoms with Gasteiger partial charge in [-0.3, -0.25) is 0 Å². The molecule has 0 radical (unpaired) electrons. The molecule has 1 aromatic rings. The maximum atomic E-state index is 3.69. The number of hydrogen-bond acceptors (Lipinski definition) is 2. The molecule has 1 atom stereocenters. The summed E-state index contributed by atoms with van der Waals surface area (Å²) in [5.74, 6) is 1.29. The number of fused-ring (bicyclic) bond motifs is 1. The molecule has 2 rings (SSSR count). The molecule has 1 aliphatic carbocycles. The first-order chi connectivity index (χ1) is 8.31. The van der Waals surface area contributed by atoms with Crippen LogP contribution in [0, 0.1) is 0 Å². The molecule has 17 heavy (non-hydrogen) atoms. The van der Waals surface area contributed by atoms with Crippen molar-refractivity contribution in [1.82, 2.24) is 5.32 Å². The summed E-state index contributed by atoms with van der Waals surface area (Å²) < 4.78 is 1.21. The number of rotatable bonds is 6. The van der Waals surface area contributed by atoms with Crippen molar-refractivity contribution in [3.63, 3.8) is 0 Å². The molecule has 1 aliphatic rings. The fourth-order valence-corrected chi connectivity index (χ4v) is 3.35. The Morgan fingerprint density at radius 1 is 1.41 bits per heavy atom. The molecule has 0 aromatic heterocycles. The lowest BCUT2D eigenvalue weighted by molar-refractivity contribution is 0.518. The second-order valence-electron chi connectivity index (χ2n) is 4.59. The lowest BCUT2D eigenvalue weighted by Crippen LogP contribution is -2.20. The molecule has 0 saturated carbocycles. The van der Waals surface area contributed by atoms with Crippen molar-refractivity contribution < 1.29 is 0 Å². The first kappa shape index (κ1) is 13.4. The maximum Gasteiger partial charge on any atom is 0.0326 e. The van der Waals surface area contributed by atoms with Gasteiger partial charge in [0.25, 0.3) is 0 Å². The topological polar surface area (TPSA) is 12.0 Å². The molecule has 0 bridgehead atoms. The van der Waals surface area contributed by atoms with Crippen LogP contribution in [0.4, 0.5) is 0 Å². The molecule has 1 N–H and O–H groups in total. The van der Waals surface area contributed by atoms with Crippen LogP contribution in [0.2, 0.25) is 0 Å². The summed E-state index contributed by atoms with van der Waals surface area (Å²) in [5.41, 5.74) is 3.03. The van der Waals surface area contributed by atoms with E-state index in [9.17, 15) is 0 Å². The normalized spacial score (nSPS) is 18.4. The average Bonchev–Trinajstić information content (AvgIpc) is 2.71. The smallest absolute Gasteiger partial charge is 0.0326 e. The lowest BCUT2D eigenvalue weighted by Gasteiger charge is -2.13. The van der Waals surface area contributed by atoms with Gasteiger partial charge in [-0.2, -0.15) is 11.8 Å². The van der Waals surface area contributed by atoms with Gasteiger partial charge in [-0.05, 0) is 67.5 Å². The third kappa shape index (κ3) is 3.73. The first-order valence-corrected chi connectivity index (χ1v) is 8.50. The molecule has 3 heteroatoms. The summed E-state index contributed by atoms with van der Waals surface area (Å²) in [6.07, 6.45) is 7.28. The fraction of sp³-hybridized carbons (Fsp3) is 0.571. The zero-order valence-corrected chi connectivity index (χ0v) is 12.7. The monoisotopic (exact) mass is 313 g/mol. The van der Waals surface area contributed by atoms with Gasteiger partial charge >= 0.3 is 0 Å². The molecule has 0 amide bonds. The Bertz CT molecular complexity index is 367. The maximum absolute atomic E-state index is 3.69. The quantitative estimate of drug-likeness (QED) is 0.791. The molecular formula is C14H20BrNS. The molecule has 0 spiro atoms. The highest BCUT2D eigenvalue weighted by atomic mass is 79.9. The highest BCUT2D eigenvalue weighted by Crippen LogP contribution is 2.32. The zero-order valence-electron chi connectivity index (χ0n) is 10.3. The Hall–Kier alpha value is 0.01000. The first-order valence-electron chi connectivity index (χ1n) is 6.32. The van der Waals surface area contributed by atoms with E-state index in [1.54, 1.807) is 0 Å². The van der Waals surface area contributed by atoms with Crippen LogP contribution in [0.15, 0.2) is 22.7 Å². The van der Waals surface area contributed by atoms with Gasteiger partial charge in [0.2, 0.25) is 0 Å². The van der Waals surface area contributed by atoms with Crippen LogP contribution in [0.3, 0.4) is 0 Å². The fourth-order valence-electron chi connectivity index (χ4n) is 2.45. The van der Waals surface area contributed by atoms with Crippen molar-refractivity contribution in [1.29, 1.82) is 0 Å². The Balaban J connectivity index is 1.81. The zero-order chi connectivity index (χ0) is 12.1. The number of hydrogen-bond donors (Lipinski definition) is 1. The molecule has 0 fully saturated rings. The molecule has 1 aromatic carbocycles. The van der Waals surface area contributed by atoms with E-state index < -0.39 is 0 Å². The molecule has 94 valence electrons. The summed E-state index contributed by atoms with van der Waals surface area (Å²) in [4.78, 5) is 0. The number of nitrogens with one attached hydrogen (secondary N) is 1. The van der Waals surface area contributed by atoms with Gasteiger partial charge < -0.3 is 5.32 Å². The highest BCUT2D eigenvalue weighted by Gasteiger charge is 2.21. The Kier molecular flexibility index (Phi) is 5.39. The molecular weight excluding hydrogens is 294 g/mol. The SMILES string of the molecule is CSCCCCNC1CCc2cc(Br)ccc21. The van der Waals surface area contributed by atoms with Crippen molar-refractivity contribution in [3.8, 4) is 0 Å². The predicted molar refractivity (Wildman–Crippen MR) is 80.8 cm³/mol. The summed E-state index contributed by atoms with van der Waals surface area (Å²) in [7, 11) is 0. The van der Waals surface area contributed by atoms with Gasteiger partial charge in [0.1, 0.15) is 0 Å². The van der Waals surface area contributed by atoms with Gasteiger partial charge in [0.15, 0.2) is 0 Å². The van der Waals surface area contributed by atoms with Gasteiger partial charge in [0.05, 0.1) is 0 Å². The van der Waals surface area contributed by atoms with E-state index in [4.69, 9.17) is 0 Å². The number of benzene rings is 1. The van der Waals surface area contributed by atoms with Gasteiger partial charge in [-0.15, -0.1) is 0 Å². The van der Waals surface area contributed by atoms with E-state index in [1.807, 2.05) is 11.8 Å². The van der Waals surface area contributed by atoms with E-state index in [0.717, 1.165) is 6.54 Å². The Labute approximate surface area is 117 Å². The predicted octanol–water partition coefficient (Wildman–Crippen LogP) is 4.17. The standard InChI is InChI=1S/C14H20BrNS/c1-17-9-3-2-8-16-14-7-4-11-10-12(15)5-6-13(11)14/h5-6,10,14,16H,2-4,7-9H2,1H3. The minimum absolute atomic E-state index is 0.590. The number of unbranched alkanes of at least 4 members (excludes halogenated alkanes) is 1. The third-order valence-electron chi connectivity index (χ3n) is 3.35. The van der Waals surface area contributed by atoms with Crippen LogP contribution in [0.25, 0.3) is 0 Å². The highest BCUT2D eigenvalue weighted by molar-refractivity contribution is 9.10. The molecule has 0 aliphatic heterocycles. The van der Waals surface area contributed by atoms with Gasteiger partial charge in [-0.1, -0.05) is 22.0 Å². The molecule has 0 heterocycles. The molecule has 0 saturated heterocycles. The van der Waals surface area contributed by atoms with Gasteiger partial charge in [-0.25, -0.2) is 0 Å². The van der Waals surface area contributed by atoms with Gasteiger partial charge in [0, 0.05) is 10.5 Å². The van der Waals surface area contributed by atoms with Crippen LogP contribution in [-0.4, -0.2) is 18.6 Å². The van der Waals surface area contributed by atoms with Crippen molar-refractivity contribution in [2.45, 2.75) is 31.7 Å². The van der Waals surface area contributed by atoms with Crippen LogP contribution < -0.4 is 5.32 Å². The van der Waals surface area contributed by atoms with Crippen LogP contribution >= 0.6 is 27.7 Å². The van der Waals surface area contributed by atoms with Crippen molar-refractivity contribution in [2.24, 2.45) is 0 Å². The van der Waals surface area contributed by atoms with E-state index in [-0.39, 0.29) is 0 Å². The van der Waals surface area contributed by atoms with E-state index in [2.05, 4.69) is 45.7 Å². The van der Waals surface area contributed by atoms with Crippen molar-refractivity contribution in [2.75, 3.05) is 18.6 Å².